The molecule has 2 amide bonds. The SMILES string of the molecule is COc1ccc(CC(=O)NCCCc2nc3ccccc3n2CC(=O)N2CCCCCC2)cc1. The molecule has 4 rings (SSSR count). The lowest BCUT2D eigenvalue weighted by Crippen LogP contribution is -2.35. The van der Waals surface area contributed by atoms with Crippen LogP contribution in [0.1, 0.15) is 43.5 Å². The van der Waals surface area contributed by atoms with Crippen molar-refractivity contribution in [3.05, 3.63) is 59.9 Å². The standard InChI is InChI=1S/C27H34N4O3/c1-34-22-14-12-21(13-15-22)19-26(32)28-16-8-11-25-29-23-9-4-5-10-24(23)31(25)20-27(33)30-17-6-2-3-7-18-30/h4-5,9-10,12-15H,2-3,6-8,11,16-20H2,1H3,(H,28,32). The van der Waals surface area contributed by atoms with Gasteiger partial charge in [0.1, 0.15) is 18.1 Å². The molecule has 1 N–H and O–H groups in total. The molecule has 0 aliphatic carbocycles. The Morgan fingerprint density at radius 1 is 1.00 bits per heavy atom. The van der Waals surface area contributed by atoms with Crippen molar-refractivity contribution in [1.82, 2.24) is 19.8 Å². The van der Waals surface area contributed by atoms with E-state index in [1.165, 1.54) is 12.8 Å². The first-order valence-corrected chi connectivity index (χ1v) is 12.3. The zero-order valence-electron chi connectivity index (χ0n) is 20.0. The van der Waals surface area contributed by atoms with Gasteiger partial charge in [-0.1, -0.05) is 37.1 Å². The number of carbonyl (C=O) groups is 2. The van der Waals surface area contributed by atoms with Crippen LogP contribution in [-0.2, 0) is 29.0 Å². The van der Waals surface area contributed by atoms with Gasteiger partial charge in [-0.15, -0.1) is 0 Å². The molecule has 0 bridgehead atoms. The molecule has 34 heavy (non-hydrogen) atoms. The van der Waals surface area contributed by atoms with Gasteiger partial charge >= 0.3 is 0 Å². The topological polar surface area (TPSA) is 76.5 Å². The lowest BCUT2D eigenvalue weighted by Gasteiger charge is -2.21. The number of fused-ring (bicyclic) bond motifs is 1. The molecule has 0 atom stereocenters. The molecule has 7 heteroatoms. The molecule has 0 saturated carbocycles. The van der Waals surface area contributed by atoms with Crippen LogP contribution in [0.2, 0.25) is 0 Å². The zero-order valence-corrected chi connectivity index (χ0v) is 20.0. The van der Waals surface area contributed by atoms with Gasteiger partial charge in [-0.05, 0) is 49.1 Å². The van der Waals surface area contributed by atoms with Gasteiger partial charge in [0.2, 0.25) is 11.8 Å². The summed E-state index contributed by atoms with van der Waals surface area (Å²) >= 11 is 0. The van der Waals surface area contributed by atoms with Gasteiger partial charge < -0.3 is 19.5 Å². The van der Waals surface area contributed by atoms with E-state index in [0.717, 1.165) is 60.5 Å². The van der Waals surface area contributed by atoms with Crippen LogP contribution in [0.25, 0.3) is 11.0 Å². The second-order valence-electron chi connectivity index (χ2n) is 8.88. The van der Waals surface area contributed by atoms with Crippen LogP contribution in [0, 0.1) is 0 Å². The predicted octanol–water partition coefficient (Wildman–Crippen LogP) is 3.74. The van der Waals surface area contributed by atoms with E-state index in [4.69, 9.17) is 9.72 Å². The first-order valence-electron chi connectivity index (χ1n) is 12.3. The van der Waals surface area contributed by atoms with Crippen molar-refractivity contribution >= 4 is 22.8 Å². The van der Waals surface area contributed by atoms with Gasteiger partial charge in [-0.25, -0.2) is 4.98 Å². The number of amides is 2. The highest BCUT2D eigenvalue weighted by atomic mass is 16.5. The molecule has 1 aliphatic heterocycles. The Morgan fingerprint density at radius 2 is 1.74 bits per heavy atom. The summed E-state index contributed by atoms with van der Waals surface area (Å²) in [6.45, 7) is 2.58. The average molecular weight is 463 g/mol. The molecule has 2 aromatic carbocycles. The number of ether oxygens (including phenoxy) is 1. The van der Waals surface area contributed by atoms with E-state index in [1.807, 2.05) is 53.4 Å². The molecule has 1 fully saturated rings. The smallest absolute Gasteiger partial charge is 0.242 e. The number of hydrogen-bond acceptors (Lipinski definition) is 4. The van der Waals surface area contributed by atoms with E-state index in [-0.39, 0.29) is 11.8 Å². The average Bonchev–Trinajstić information content (AvgIpc) is 3.01. The first kappa shape index (κ1) is 23.8. The summed E-state index contributed by atoms with van der Waals surface area (Å²) in [5.74, 6) is 1.84. The maximum atomic E-state index is 13.1. The van der Waals surface area contributed by atoms with Crippen molar-refractivity contribution in [2.45, 2.75) is 51.5 Å². The highest BCUT2D eigenvalue weighted by molar-refractivity contribution is 5.81. The molecule has 7 nitrogen and oxygen atoms in total. The molecule has 2 heterocycles. The van der Waals surface area contributed by atoms with E-state index in [9.17, 15) is 9.59 Å². The number of carbonyl (C=O) groups excluding carboxylic acids is 2. The Bertz CT molecular complexity index is 1100. The highest BCUT2D eigenvalue weighted by Crippen LogP contribution is 2.19. The number of nitrogens with zero attached hydrogens (tertiary/aromatic N) is 3. The number of methoxy groups -OCH3 is 1. The second-order valence-corrected chi connectivity index (χ2v) is 8.88. The van der Waals surface area contributed by atoms with Crippen LogP contribution in [0.15, 0.2) is 48.5 Å². The van der Waals surface area contributed by atoms with Gasteiger partial charge in [0, 0.05) is 26.1 Å². The Morgan fingerprint density at radius 3 is 2.47 bits per heavy atom. The van der Waals surface area contributed by atoms with Crippen LogP contribution < -0.4 is 10.1 Å². The highest BCUT2D eigenvalue weighted by Gasteiger charge is 2.19. The van der Waals surface area contributed by atoms with E-state index in [1.54, 1.807) is 7.11 Å². The number of aromatic nitrogens is 2. The van der Waals surface area contributed by atoms with Gasteiger partial charge in [-0.2, -0.15) is 0 Å². The number of imidazole rings is 1. The van der Waals surface area contributed by atoms with Crippen LogP contribution in [0.3, 0.4) is 0 Å². The maximum absolute atomic E-state index is 13.1. The van der Waals surface area contributed by atoms with Crippen LogP contribution in [0.5, 0.6) is 5.75 Å². The van der Waals surface area contributed by atoms with Crippen molar-refractivity contribution in [3.8, 4) is 5.75 Å². The van der Waals surface area contributed by atoms with Gasteiger partial charge in [0.05, 0.1) is 24.6 Å². The van der Waals surface area contributed by atoms with Crippen molar-refractivity contribution < 1.29 is 14.3 Å². The molecule has 0 radical (unpaired) electrons. The fraction of sp³-hybridized carbons (Fsp3) is 0.444. The predicted molar refractivity (Wildman–Crippen MR) is 133 cm³/mol. The van der Waals surface area contributed by atoms with E-state index < -0.39 is 0 Å². The summed E-state index contributed by atoms with van der Waals surface area (Å²) in [6.07, 6.45) is 6.37. The van der Waals surface area contributed by atoms with Gasteiger partial charge in [0.25, 0.3) is 0 Å². The van der Waals surface area contributed by atoms with Gasteiger partial charge in [-0.3, -0.25) is 9.59 Å². The molecule has 1 aliphatic rings. The summed E-state index contributed by atoms with van der Waals surface area (Å²) in [7, 11) is 1.63. The molecular weight excluding hydrogens is 428 g/mol. The minimum Gasteiger partial charge on any atom is -0.497 e. The molecule has 0 unspecified atom stereocenters. The largest absolute Gasteiger partial charge is 0.497 e. The fourth-order valence-electron chi connectivity index (χ4n) is 4.51. The summed E-state index contributed by atoms with van der Waals surface area (Å²) in [4.78, 5) is 32.2. The lowest BCUT2D eigenvalue weighted by atomic mass is 10.1. The Hall–Kier alpha value is -3.35. The Balaban J connectivity index is 1.34. The Labute approximate surface area is 201 Å². The Kier molecular flexibility index (Phi) is 8.17. The summed E-state index contributed by atoms with van der Waals surface area (Å²) < 4.78 is 7.22. The minimum atomic E-state index is -0.00462. The molecular formula is C27H34N4O3. The van der Waals surface area contributed by atoms with Crippen LogP contribution >= 0.6 is 0 Å². The third-order valence-corrected chi connectivity index (χ3v) is 6.41. The number of likely N-dealkylation sites (tertiary alicyclic amines) is 1. The van der Waals surface area contributed by atoms with Crippen LogP contribution in [-0.4, -0.2) is 53.0 Å². The lowest BCUT2D eigenvalue weighted by molar-refractivity contribution is -0.131. The van der Waals surface area contributed by atoms with Crippen LogP contribution in [0.4, 0.5) is 0 Å². The quantitative estimate of drug-likeness (QED) is 0.492. The third-order valence-electron chi connectivity index (χ3n) is 6.41. The van der Waals surface area contributed by atoms with Crippen molar-refractivity contribution in [2.75, 3.05) is 26.7 Å². The number of nitrogens with one attached hydrogen (secondary N) is 1. The third kappa shape index (κ3) is 6.16. The molecule has 1 aromatic heterocycles. The number of hydrogen-bond donors (Lipinski definition) is 1. The second kappa shape index (κ2) is 11.7. The monoisotopic (exact) mass is 462 g/mol. The van der Waals surface area contributed by atoms with Crippen molar-refractivity contribution in [1.29, 1.82) is 0 Å². The zero-order chi connectivity index (χ0) is 23.8. The fourth-order valence-corrected chi connectivity index (χ4v) is 4.51. The molecule has 180 valence electrons. The van der Waals surface area contributed by atoms with E-state index >= 15 is 0 Å². The van der Waals surface area contributed by atoms with E-state index in [2.05, 4.69) is 9.88 Å². The van der Waals surface area contributed by atoms with Crippen molar-refractivity contribution in [3.63, 3.8) is 0 Å². The minimum absolute atomic E-state index is 0.00462. The molecule has 0 spiro atoms. The summed E-state index contributed by atoms with van der Waals surface area (Å²) in [5, 5.41) is 3.00. The number of rotatable bonds is 9. The molecule has 1 saturated heterocycles. The molecule has 3 aromatic rings. The summed E-state index contributed by atoms with van der Waals surface area (Å²) in [6, 6.07) is 15.5. The number of aryl methyl sites for hydroxylation is 1. The first-order chi connectivity index (χ1) is 16.6. The maximum Gasteiger partial charge on any atom is 0.242 e. The van der Waals surface area contributed by atoms with E-state index in [0.29, 0.717) is 25.9 Å². The van der Waals surface area contributed by atoms with Crippen molar-refractivity contribution in [2.24, 2.45) is 0 Å². The normalized spacial score (nSPS) is 14.1. The number of benzene rings is 2. The van der Waals surface area contributed by atoms with Gasteiger partial charge in [0.15, 0.2) is 0 Å². The summed E-state index contributed by atoms with van der Waals surface area (Å²) in [5.41, 5.74) is 2.85. The number of para-hydroxylation sites is 2.